The van der Waals surface area contributed by atoms with E-state index >= 15 is 0 Å². The molecule has 1 aromatic heterocycles. The van der Waals surface area contributed by atoms with Crippen LogP contribution in [0.5, 0.6) is 0 Å². The predicted molar refractivity (Wildman–Crippen MR) is 110 cm³/mol. The number of aryl methyl sites for hydroxylation is 1. The normalized spacial score (nSPS) is 16.4. The third-order valence-corrected chi connectivity index (χ3v) is 5.90. The van der Waals surface area contributed by atoms with Crippen LogP contribution in [0.2, 0.25) is 0 Å². The minimum Gasteiger partial charge on any atom is -0.381 e. The molecule has 3 rings (SSSR count). The first-order valence-corrected chi connectivity index (χ1v) is 11.0. The Balaban J connectivity index is 1.97. The Labute approximate surface area is 169 Å². The fourth-order valence-electron chi connectivity index (χ4n) is 3.69. The van der Waals surface area contributed by atoms with Crippen molar-refractivity contribution in [2.24, 2.45) is 5.92 Å². The van der Waals surface area contributed by atoms with E-state index in [1.165, 1.54) is 17.0 Å². The molecule has 0 amide bonds. The molecule has 8 heteroatoms. The molecule has 0 radical (unpaired) electrons. The molecule has 1 saturated heterocycles. The minimum absolute atomic E-state index is 0.0543. The van der Waals surface area contributed by atoms with E-state index in [0.29, 0.717) is 17.3 Å². The smallest absolute Gasteiger partial charge is 0.181 e. The number of aromatic nitrogens is 3. The van der Waals surface area contributed by atoms with Gasteiger partial charge in [0, 0.05) is 45.0 Å². The summed E-state index contributed by atoms with van der Waals surface area (Å²) in [5, 5.41) is 4.67. The van der Waals surface area contributed by atoms with Crippen molar-refractivity contribution in [2.75, 3.05) is 44.2 Å². The van der Waals surface area contributed by atoms with Crippen molar-refractivity contribution in [3.8, 4) is 11.4 Å². The molecule has 1 atom stereocenters. The molecule has 2 heterocycles. The first-order valence-electron chi connectivity index (χ1n) is 9.61. The van der Waals surface area contributed by atoms with Crippen molar-refractivity contribution in [2.45, 2.75) is 32.2 Å². The molecule has 1 aromatic carbocycles. The number of nitrogens with zero attached hydrogens (tertiary/aromatic N) is 4. The van der Waals surface area contributed by atoms with Gasteiger partial charge in [0.25, 0.3) is 0 Å². The molecule has 1 fully saturated rings. The number of ether oxygens (including phenoxy) is 1. The molecule has 1 unspecified atom stereocenters. The Morgan fingerprint density at radius 3 is 2.46 bits per heavy atom. The number of rotatable bonds is 7. The van der Waals surface area contributed by atoms with E-state index in [0.717, 1.165) is 44.1 Å². The highest BCUT2D eigenvalue weighted by Crippen LogP contribution is 2.31. The number of hydrogen-bond acceptors (Lipinski definition) is 5. The summed E-state index contributed by atoms with van der Waals surface area (Å²) in [6, 6.07) is 2.79. The summed E-state index contributed by atoms with van der Waals surface area (Å²) in [7, 11) is 3.23. The Morgan fingerprint density at radius 1 is 1.25 bits per heavy atom. The summed E-state index contributed by atoms with van der Waals surface area (Å²) in [6.45, 7) is 3.67. The largest absolute Gasteiger partial charge is 0.381 e. The minimum atomic E-state index is -0.612. The van der Waals surface area contributed by atoms with E-state index in [9.17, 15) is 8.78 Å². The van der Waals surface area contributed by atoms with Crippen molar-refractivity contribution in [3.63, 3.8) is 0 Å². The van der Waals surface area contributed by atoms with Gasteiger partial charge in [0.05, 0.1) is 6.04 Å². The Bertz CT molecular complexity index is 782. The van der Waals surface area contributed by atoms with Crippen LogP contribution >= 0.6 is 11.8 Å². The number of benzene rings is 1. The van der Waals surface area contributed by atoms with Gasteiger partial charge in [-0.1, -0.05) is 0 Å². The Kier molecular flexibility index (Phi) is 6.93. The summed E-state index contributed by atoms with van der Waals surface area (Å²) < 4.78 is 36.3. The number of thioether (sulfide) groups is 1. The van der Waals surface area contributed by atoms with Crippen molar-refractivity contribution < 1.29 is 13.5 Å². The van der Waals surface area contributed by atoms with Crippen LogP contribution < -0.4 is 4.90 Å². The number of hydrogen-bond donors (Lipinski definition) is 0. The lowest BCUT2D eigenvalue weighted by atomic mass is 9.93. The van der Waals surface area contributed by atoms with E-state index in [2.05, 4.69) is 17.0 Å². The molecule has 2 aromatic rings. The molecule has 1 aliphatic heterocycles. The first-order chi connectivity index (χ1) is 13.4. The standard InChI is InChI=1S/C20H28F2N4OS/c1-13(14-5-8-27-9-6-14)26-18(7-10-28-4)23-20(24-26)15-11-16(21)19(25(2)3)17(22)12-15/h11-14H,5-10H2,1-4H3. The fourth-order valence-corrected chi connectivity index (χ4v) is 4.07. The van der Waals surface area contributed by atoms with Gasteiger partial charge in [-0.05, 0) is 44.1 Å². The van der Waals surface area contributed by atoms with Gasteiger partial charge in [0.1, 0.15) is 23.1 Å². The van der Waals surface area contributed by atoms with Gasteiger partial charge in [-0.15, -0.1) is 0 Å². The van der Waals surface area contributed by atoms with Gasteiger partial charge >= 0.3 is 0 Å². The third-order valence-electron chi connectivity index (χ3n) is 5.29. The van der Waals surface area contributed by atoms with E-state index in [1.54, 1.807) is 25.9 Å². The molecule has 0 spiro atoms. The molecule has 5 nitrogen and oxygen atoms in total. The summed E-state index contributed by atoms with van der Waals surface area (Å²) in [4.78, 5) is 6.08. The molecule has 0 N–H and O–H groups in total. The van der Waals surface area contributed by atoms with E-state index in [-0.39, 0.29) is 11.7 Å². The predicted octanol–water partition coefficient (Wildman–Crippen LogP) is 4.18. The van der Waals surface area contributed by atoms with Crippen LogP contribution in [-0.2, 0) is 11.2 Å². The van der Waals surface area contributed by atoms with Crippen molar-refractivity contribution >= 4 is 17.4 Å². The second-order valence-corrected chi connectivity index (χ2v) is 8.40. The summed E-state index contributed by atoms with van der Waals surface area (Å²) >= 11 is 1.74. The highest BCUT2D eigenvalue weighted by molar-refractivity contribution is 7.98. The lowest BCUT2D eigenvalue weighted by Crippen LogP contribution is -2.26. The van der Waals surface area contributed by atoms with Gasteiger partial charge in [0.2, 0.25) is 0 Å². The lowest BCUT2D eigenvalue weighted by molar-refractivity contribution is 0.0491. The fraction of sp³-hybridized carbons (Fsp3) is 0.600. The monoisotopic (exact) mass is 410 g/mol. The topological polar surface area (TPSA) is 43.2 Å². The van der Waals surface area contributed by atoms with E-state index < -0.39 is 11.6 Å². The molecular weight excluding hydrogens is 382 g/mol. The molecule has 0 aliphatic carbocycles. The van der Waals surface area contributed by atoms with Crippen LogP contribution in [0.4, 0.5) is 14.5 Å². The maximum atomic E-state index is 14.4. The van der Waals surface area contributed by atoms with E-state index in [4.69, 9.17) is 4.74 Å². The quantitative estimate of drug-likeness (QED) is 0.685. The van der Waals surface area contributed by atoms with E-state index in [1.807, 2.05) is 10.9 Å². The van der Waals surface area contributed by atoms with Gasteiger partial charge in [-0.3, -0.25) is 0 Å². The van der Waals surface area contributed by atoms with Crippen LogP contribution in [0.15, 0.2) is 12.1 Å². The summed E-state index contributed by atoms with van der Waals surface area (Å²) in [5.74, 6) is 1.39. The number of halogens is 2. The first kappa shape index (κ1) is 21.0. The summed E-state index contributed by atoms with van der Waals surface area (Å²) in [6.07, 6.45) is 4.79. The van der Waals surface area contributed by atoms with Crippen LogP contribution in [0, 0.1) is 17.6 Å². The third kappa shape index (κ3) is 4.49. The van der Waals surface area contributed by atoms with Gasteiger partial charge in [0.15, 0.2) is 5.82 Å². The molecule has 0 bridgehead atoms. The van der Waals surface area contributed by atoms with Gasteiger partial charge in [-0.25, -0.2) is 18.4 Å². The lowest BCUT2D eigenvalue weighted by Gasteiger charge is -2.28. The maximum Gasteiger partial charge on any atom is 0.181 e. The molecule has 154 valence electrons. The van der Waals surface area contributed by atoms with Crippen molar-refractivity contribution in [1.29, 1.82) is 0 Å². The van der Waals surface area contributed by atoms with Crippen LogP contribution in [0.25, 0.3) is 11.4 Å². The molecule has 0 saturated carbocycles. The molecular formula is C20H28F2N4OS. The average molecular weight is 411 g/mol. The maximum absolute atomic E-state index is 14.4. The number of anilines is 1. The zero-order chi connectivity index (χ0) is 20.3. The van der Waals surface area contributed by atoms with Crippen molar-refractivity contribution in [3.05, 3.63) is 29.6 Å². The van der Waals surface area contributed by atoms with Crippen LogP contribution in [0.3, 0.4) is 0 Å². The van der Waals surface area contributed by atoms with Crippen molar-refractivity contribution in [1.82, 2.24) is 14.8 Å². The van der Waals surface area contributed by atoms with Gasteiger partial charge in [-0.2, -0.15) is 16.9 Å². The second kappa shape index (κ2) is 9.22. The SMILES string of the molecule is CSCCc1nc(-c2cc(F)c(N(C)C)c(F)c2)nn1C(C)C1CCOCC1. The van der Waals surface area contributed by atoms with Crippen LogP contribution in [-0.4, -0.2) is 54.1 Å². The Morgan fingerprint density at radius 2 is 1.89 bits per heavy atom. The van der Waals surface area contributed by atoms with Crippen LogP contribution in [0.1, 0.15) is 31.6 Å². The Hall–Kier alpha value is -1.67. The highest BCUT2D eigenvalue weighted by Gasteiger charge is 2.26. The highest BCUT2D eigenvalue weighted by atomic mass is 32.2. The zero-order valence-corrected chi connectivity index (χ0v) is 17.7. The second-order valence-electron chi connectivity index (χ2n) is 7.41. The molecule has 1 aliphatic rings. The average Bonchev–Trinajstić information content (AvgIpc) is 3.09. The zero-order valence-electron chi connectivity index (χ0n) is 16.9. The van der Waals surface area contributed by atoms with Gasteiger partial charge < -0.3 is 9.64 Å². The molecule has 28 heavy (non-hydrogen) atoms. The summed E-state index contributed by atoms with van der Waals surface area (Å²) in [5.41, 5.74) is 0.310.